The standard InChI is InChI=1S/C13H20N2O2S/c1-11-4-3-5-12(10-11)17-9-7-15-13(18)14-6-8-16-2/h3-5,10H,6-9H2,1-2H3,(H2,14,15,18). The lowest BCUT2D eigenvalue weighted by Crippen LogP contribution is -2.38. The maximum Gasteiger partial charge on any atom is 0.166 e. The van der Waals surface area contributed by atoms with Gasteiger partial charge in [0.1, 0.15) is 12.4 Å². The van der Waals surface area contributed by atoms with Gasteiger partial charge in [0.25, 0.3) is 0 Å². The SMILES string of the molecule is COCCNC(=S)NCCOc1cccc(C)c1. The van der Waals surface area contributed by atoms with Crippen LogP contribution in [0.25, 0.3) is 0 Å². The smallest absolute Gasteiger partial charge is 0.166 e. The monoisotopic (exact) mass is 268 g/mol. The number of hydrogen-bond acceptors (Lipinski definition) is 3. The molecule has 0 fully saturated rings. The minimum absolute atomic E-state index is 0.579. The third-order valence-corrected chi connectivity index (χ3v) is 2.53. The van der Waals surface area contributed by atoms with Crippen LogP contribution in [-0.4, -0.2) is 38.5 Å². The molecule has 2 N–H and O–H groups in total. The maximum absolute atomic E-state index is 5.59. The number of nitrogens with one attached hydrogen (secondary N) is 2. The Balaban J connectivity index is 2.09. The molecule has 5 heteroatoms. The minimum Gasteiger partial charge on any atom is -0.492 e. The van der Waals surface area contributed by atoms with Crippen molar-refractivity contribution in [3.05, 3.63) is 29.8 Å². The van der Waals surface area contributed by atoms with Crippen molar-refractivity contribution in [1.29, 1.82) is 0 Å². The van der Waals surface area contributed by atoms with Crippen LogP contribution in [0.2, 0.25) is 0 Å². The summed E-state index contributed by atoms with van der Waals surface area (Å²) < 4.78 is 10.5. The summed E-state index contributed by atoms with van der Waals surface area (Å²) in [6.45, 7) is 4.64. The van der Waals surface area contributed by atoms with Gasteiger partial charge >= 0.3 is 0 Å². The van der Waals surface area contributed by atoms with E-state index < -0.39 is 0 Å². The molecule has 0 unspecified atom stereocenters. The van der Waals surface area contributed by atoms with Gasteiger partial charge in [0, 0.05) is 13.7 Å². The van der Waals surface area contributed by atoms with Gasteiger partial charge in [-0.1, -0.05) is 12.1 Å². The molecule has 1 rings (SSSR count). The largest absolute Gasteiger partial charge is 0.492 e. The molecule has 0 heterocycles. The van der Waals surface area contributed by atoms with E-state index in [1.54, 1.807) is 7.11 Å². The highest BCUT2D eigenvalue weighted by Gasteiger charge is 1.96. The summed E-state index contributed by atoms with van der Waals surface area (Å²) in [6, 6.07) is 7.98. The van der Waals surface area contributed by atoms with E-state index in [2.05, 4.69) is 10.6 Å². The number of methoxy groups -OCH3 is 1. The van der Waals surface area contributed by atoms with E-state index in [0.717, 1.165) is 5.75 Å². The van der Waals surface area contributed by atoms with Crippen LogP contribution in [0, 0.1) is 6.92 Å². The fraction of sp³-hybridized carbons (Fsp3) is 0.462. The Morgan fingerprint density at radius 3 is 2.61 bits per heavy atom. The average Bonchev–Trinajstić information content (AvgIpc) is 2.35. The molecule has 0 aromatic heterocycles. The van der Waals surface area contributed by atoms with Gasteiger partial charge in [0.05, 0.1) is 13.2 Å². The molecule has 0 aliphatic heterocycles. The Bertz CT molecular complexity index is 372. The maximum atomic E-state index is 5.59. The molecule has 0 spiro atoms. The van der Waals surface area contributed by atoms with Crippen LogP contribution in [-0.2, 0) is 4.74 Å². The fourth-order valence-corrected chi connectivity index (χ4v) is 1.57. The first-order chi connectivity index (χ1) is 8.72. The molecule has 1 aromatic carbocycles. The first kappa shape index (κ1) is 14.7. The minimum atomic E-state index is 0.579. The second kappa shape index (κ2) is 8.72. The highest BCUT2D eigenvalue weighted by molar-refractivity contribution is 7.80. The lowest BCUT2D eigenvalue weighted by atomic mass is 10.2. The predicted octanol–water partition coefficient (Wildman–Crippen LogP) is 1.48. The quantitative estimate of drug-likeness (QED) is 0.579. The van der Waals surface area contributed by atoms with Crippen LogP contribution >= 0.6 is 12.2 Å². The van der Waals surface area contributed by atoms with E-state index in [-0.39, 0.29) is 0 Å². The van der Waals surface area contributed by atoms with Crippen molar-refractivity contribution in [3.63, 3.8) is 0 Å². The topological polar surface area (TPSA) is 42.5 Å². The van der Waals surface area contributed by atoms with Crippen LogP contribution in [0.1, 0.15) is 5.56 Å². The zero-order valence-corrected chi connectivity index (χ0v) is 11.7. The summed E-state index contributed by atoms with van der Waals surface area (Å²) >= 11 is 5.08. The molecule has 0 saturated carbocycles. The normalized spacial score (nSPS) is 9.89. The Morgan fingerprint density at radius 1 is 1.22 bits per heavy atom. The lowest BCUT2D eigenvalue weighted by Gasteiger charge is -2.11. The van der Waals surface area contributed by atoms with Crippen LogP contribution in [0.5, 0.6) is 5.75 Å². The summed E-state index contributed by atoms with van der Waals surface area (Å²) in [5.41, 5.74) is 1.19. The molecule has 0 radical (unpaired) electrons. The Labute approximate surface area is 114 Å². The molecule has 0 saturated heterocycles. The Kier molecular flexibility index (Phi) is 7.13. The molecule has 0 amide bonds. The molecule has 100 valence electrons. The molecule has 0 aliphatic carbocycles. The van der Waals surface area contributed by atoms with Crippen molar-refractivity contribution in [2.45, 2.75) is 6.92 Å². The van der Waals surface area contributed by atoms with Gasteiger partial charge in [-0.2, -0.15) is 0 Å². The first-order valence-corrected chi connectivity index (χ1v) is 6.33. The summed E-state index contributed by atoms with van der Waals surface area (Å²) in [7, 11) is 1.66. The van der Waals surface area contributed by atoms with Crippen molar-refractivity contribution in [1.82, 2.24) is 10.6 Å². The molecule has 0 aliphatic rings. The molecular weight excluding hydrogens is 248 g/mol. The van der Waals surface area contributed by atoms with E-state index in [1.807, 2.05) is 31.2 Å². The second-order valence-electron chi connectivity index (χ2n) is 3.84. The molecule has 0 bridgehead atoms. The fourth-order valence-electron chi connectivity index (χ4n) is 1.37. The summed E-state index contributed by atoms with van der Waals surface area (Å²) in [5, 5.41) is 6.72. The van der Waals surface area contributed by atoms with Crippen molar-refractivity contribution in [3.8, 4) is 5.75 Å². The van der Waals surface area contributed by atoms with Crippen LogP contribution < -0.4 is 15.4 Å². The number of benzene rings is 1. The van der Waals surface area contributed by atoms with Gasteiger partial charge < -0.3 is 20.1 Å². The number of aryl methyl sites for hydroxylation is 1. The van der Waals surface area contributed by atoms with Crippen molar-refractivity contribution >= 4 is 17.3 Å². The highest BCUT2D eigenvalue weighted by Crippen LogP contribution is 2.11. The molecule has 0 atom stereocenters. The average molecular weight is 268 g/mol. The van der Waals surface area contributed by atoms with Gasteiger partial charge in [0.2, 0.25) is 0 Å². The third kappa shape index (κ3) is 6.42. The van der Waals surface area contributed by atoms with Gasteiger partial charge in [-0.3, -0.25) is 0 Å². The van der Waals surface area contributed by atoms with E-state index in [4.69, 9.17) is 21.7 Å². The van der Waals surface area contributed by atoms with Crippen LogP contribution in [0.4, 0.5) is 0 Å². The highest BCUT2D eigenvalue weighted by atomic mass is 32.1. The van der Waals surface area contributed by atoms with Gasteiger partial charge in [-0.15, -0.1) is 0 Å². The second-order valence-corrected chi connectivity index (χ2v) is 4.25. The molecule has 4 nitrogen and oxygen atoms in total. The molecule has 18 heavy (non-hydrogen) atoms. The number of ether oxygens (including phenoxy) is 2. The van der Waals surface area contributed by atoms with Crippen LogP contribution in [0.3, 0.4) is 0 Å². The van der Waals surface area contributed by atoms with Crippen LogP contribution in [0.15, 0.2) is 24.3 Å². The zero-order chi connectivity index (χ0) is 13.2. The summed E-state index contributed by atoms with van der Waals surface area (Å²) in [4.78, 5) is 0. The third-order valence-electron chi connectivity index (χ3n) is 2.24. The number of rotatable bonds is 7. The Hall–Kier alpha value is -1.33. The van der Waals surface area contributed by atoms with Gasteiger partial charge in [-0.25, -0.2) is 0 Å². The first-order valence-electron chi connectivity index (χ1n) is 5.92. The molecular formula is C13H20N2O2S. The van der Waals surface area contributed by atoms with E-state index in [0.29, 0.717) is 31.4 Å². The van der Waals surface area contributed by atoms with Gasteiger partial charge in [-0.05, 0) is 36.8 Å². The van der Waals surface area contributed by atoms with Crippen molar-refractivity contribution < 1.29 is 9.47 Å². The summed E-state index contributed by atoms with van der Waals surface area (Å²) in [5.74, 6) is 0.884. The number of hydrogen-bond donors (Lipinski definition) is 2. The predicted molar refractivity (Wildman–Crippen MR) is 77.2 cm³/mol. The van der Waals surface area contributed by atoms with E-state index in [9.17, 15) is 0 Å². The molecule has 1 aromatic rings. The van der Waals surface area contributed by atoms with E-state index >= 15 is 0 Å². The lowest BCUT2D eigenvalue weighted by molar-refractivity contribution is 0.204. The summed E-state index contributed by atoms with van der Waals surface area (Å²) in [6.07, 6.45) is 0. The van der Waals surface area contributed by atoms with Gasteiger partial charge in [0.15, 0.2) is 5.11 Å². The van der Waals surface area contributed by atoms with Crippen molar-refractivity contribution in [2.75, 3.05) is 33.4 Å². The number of thiocarbonyl (C=S) groups is 1. The Morgan fingerprint density at radius 2 is 1.94 bits per heavy atom. The van der Waals surface area contributed by atoms with Crippen molar-refractivity contribution in [2.24, 2.45) is 0 Å². The van der Waals surface area contributed by atoms with E-state index in [1.165, 1.54) is 5.56 Å². The zero-order valence-electron chi connectivity index (χ0n) is 10.9.